The monoisotopic (exact) mass is 441 g/mol. The Kier molecular flexibility index (Phi) is 5.28. The van der Waals surface area contributed by atoms with Gasteiger partial charge in [0.2, 0.25) is 11.8 Å². The minimum atomic E-state index is -0.470. The molecule has 7 nitrogen and oxygen atoms in total. The van der Waals surface area contributed by atoms with Gasteiger partial charge in [-0.15, -0.1) is 0 Å². The van der Waals surface area contributed by atoms with Crippen LogP contribution in [0, 0.1) is 17.8 Å². The molecule has 1 heterocycles. The van der Waals surface area contributed by atoms with Crippen molar-refractivity contribution in [1.82, 2.24) is 5.32 Å². The Bertz CT molecular complexity index is 907. The number of ether oxygens (including phenoxy) is 1. The van der Waals surface area contributed by atoms with Crippen molar-refractivity contribution in [1.29, 1.82) is 0 Å². The summed E-state index contributed by atoms with van der Waals surface area (Å²) in [5.74, 6) is 1.57. The molecule has 6 rings (SSSR count). The van der Waals surface area contributed by atoms with Crippen LogP contribution in [0.1, 0.15) is 55.3 Å². The lowest BCUT2D eigenvalue weighted by Crippen LogP contribution is -2.50. The number of carbonyl (C=O) groups is 3. The maximum absolute atomic E-state index is 12.5. The summed E-state index contributed by atoms with van der Waals surface area (Å²) in [7, 11) is 1.32. The van der Waals surface area contributed by atoms with Gasteiger partial charge in [-0.25, -0.2) is 4.79 Å². The summed E-state index contributed by atoms with van der Waals surface area (Å²) in [5.41, 5.74) is 0.989. The quantitative estimate of drug-likeness (QED) is 0.683. The molecule has 2 N–H and O–H groups in total. The second kappa shape index (κ2) is 7.97. The first kappa shape index (κ1) is 20.5. The average molecular weight is 442 g/mol. The first-order valence-corrected chi connectivity index (χ1v) is 11.8. The van der Waals surface area contributed by atoms with Crippen LogP contribution >= 0.6 is 11.8 Å². The molecular weight excluding hydrogens is 414 g/mol. The zero-order valence-corrected chi connectivity index (χ0v) is 18.4. The molecule has 5 fully saturated rings. The standard InChI is InChI=1S/C23H27N3O4S/c1-30-21(29)16-2-4-17(5-3-16)24-19(27)9-18-20(28)25-22(31-18)26-23-10-13-6-14(11-23)8-15(7-13)12-23/h2-5,13-15,18H,6-12H2,1H3,(H,24,27)(H,25,26,28). The third kappa shape index (κ3) is 4.22. The molecule has 164 valence electrons. The number of thioether (sulfide) groups is 1. The zero-order chi connectivity index (χ0) is 21.6. The number of benzene rings is 1. The van der Waals surface area contributed by atoms with Crippen LogP contribution in [0.5, 0.6) is 0 Å². The summed E-state index contributed by atoms with van der Waals surface area (Å²) in [6.45, 7) is 0. The summed E-state index contributed by atoms with van der Waals surface area (Å²) in [5, 5.41) is 5.92. The molecule has 4 aliphatic carbocycles. The second-order valence-corrected chi connectivity index (χ2v) is 10.7. The van der Waals surface area contributed by atoms with Crippen molar-refractivity contribution in [3.63, 3.8) is 0 Å². The highest BCUT2D eigenvalue weighted by molar-refractivity contribution is 8.15. The Labute approximate surface area is 185 Å². The fourth-order valence-corrected chi connectivity index (χ4v) is 7.27. The predicted octanol–water partition coefficient (Wildman–Crippen LogP) is 3.36. The van der Waals surface area contributed by atoms with Gasteiger partial charge in [0.15, 0.2) is 5.17 Å². The van der Waals surface area contributed by atoms with E-state index < -0.39 is 11.2 Å². The van der Waals surface area contributed by atoms with E-state index in [0.717, 1.165) is 37.0 Å². The van der Waals surface area contributed by atoms with Gasteiger partial charge in [0.1, 0.15) is 5.25 Å². The summed E-state index contributed by atoms with van der Waals surface area (Å²) in [6.07, 6.45) is 7.57. The summed E-state index contributed by atoms with van der Waals surface area (Å²) in [4.78, 5) is 41.5. The molecule has 1 unspecified atom stereocenters. The van der Waals surface area contributed by atoms with Gasteiger partial charge in [-0.1, -0.05) is 11.8 Å². The van der Waals surface area contributed by atoms with Crippen molar-refractivity contribution in [2.75, 3.05) is 12.4 Å². The Balaban J connectivity index is 1.19. The highest BCUT2D eigenvalue weighted by Gasteiger charge is 2.51. The number of anilines is 1. The molecule has 1 aromatic rings. The number of esters is 1. The molecule has 1 aliphatic heterocycles. The minimum Gasteiger partial charge on any atom is -0.465 e. The molecule has 0 radical (unpaired) electrons. The number of nitrogens with zero attached hydrogens (tertiary/aromatic N) is 1. The van der Waals surface area contributed by atoms with Crippen molar-refractivity contribution >= 4 is 40.4 Å². The molecule has 1 aromatic carbocycles. The van der Waals surface area contributed by atoms with E-state index >= 15 is 0 Å². The second-order valence-electron chi connectivity index (χ2n) is 9.48. The normalized spacial score (nSPS) is 34.6. The lowest BCUT2D eigenvalue weighted by molar-refractivity contribution is -0.122. The molecule has 5 aliphatic rings. The number of amidine groups is 1. The first-order valence-electron chi connectivity index (χ1n) is 11.0. The van der Waals surface area contributed by atoms with Gasteiger partial charge in [-0.2, -0.15) is 0 Å². The number of methoxy groups -OCH3 is 1. The third-order valence-electron chi connectivity index (χ3n) is 7.08. The van der Waals surface area contributed by atoms with Gasteiger partial charge in [-0.3, -0.25) is 14.6 Å². The molecule has 4 saturated carbocycles. The van der Waals surface area contributed by atoms with Crippen LogP contribution in [-0.4, -0.2) is 40.8 Å². The maximum atomic E-state index is 12.5. The minimum absolute atomic E-state index is 0.00287. The fourth-order valence-electron chi connectivity index (χ4n) is 6.20. The third-order valence-corrected chi connectivity index (χ3v) is 8.16. The predicted molar refractivity (Wildman–Crippen MR) is 119 cm³/mol. The molecule has 1 saturated heterocycles. The van der Waals surface area contributed by atoms with Gasteiger partial charge in [0.25, 0.3) is 0 Å². The number of carbonyl (C=O) groups excluding carboxylic acids is 3. The van der Waals surface area contributed by atoms with Crippen molar-refractivity contribution in [2.24, 2.45) is 22.7 Å². The van der Waals surface area contributed by atoms with E-state index in [4.69, 9.17) is 4.99 Å². The van der Waals surface area contributed by atoms with E-state index in [0.29, 0.717) is 16.4 Å². The number of hydrogen-bond donors (Lipinski definition) is 2. The average Bonchev–Trinajstić information content (AvgIpc) is 3.04. The largest absolute Gasteiger partial charge is 0.465 e. The molecule has 31 heavy (non-hydrogen) atoms. The Hall–Kier alpha value is -2.35. The number of amides is 2. The highest BCUT2D eigenvalue weighted by atomic mass is 32.2. The highest BCUT2D eigenvalue weighted by Crippen LogP contribution is 2.57. The Morgan fingerprint density at radius 2 is 1.74 bits per heavy atom. The number of nitrogens with one attached hydrogen (secondary N) is 2. The summed E-state index contributed by atoms with van der Waals surface area (Å²) in [6, 6.07) is 6.47. The van der Waals surface area contributed by atoms with E-state index in [1.54, 1.807) is 24.3 Å². The van der Waals surface area contributed by atoms with E-state index in [-0.39, 0.29) is 23.8 Å². The summed E-state index contributed by atoms with van der Waals surface area (Å²) >= 11 is 1.38. The SMILES string of the molecule is COC(=O)c1ccc(NC(=O)CC2SC(=NC34CC5CC(CC(C5)C3)C4)NC2=O)cc1. The first-order chi connectivity index (χ1) is 14.9. The van der Waals surface area contributed by atoms with Crippen molar-refractivity contribution in [2.45, 2.75) is 55.7 Å². The van der Waals surface area contributed by atoms with Crippen LogP contribution < -0.4 is 10.6 Å². The van der Waals surface area contributed by atoms with E-state index in [9.17, 15) is 14.4 Å². The van der Waals surface area contributed by atoms with Crippen LogP contribution in [0.3, 0.4) is 0 Å². The van der Waals surface area contributed by atoms with Crippen molar-refractivity contribution in [3.8, 4) is 0 Å². The molecule has 4 bridgehead atoms. The Morgan fingerprint density at radius 3 is 2.32 bits per heavy atom. The Morgan fingerprint density at radius 1 is 1.13 bits per heavy atom. The van der Waals surface area contributed by atoms with Gasteiger partial charge < -0.3 is 15.4 Å². The van der Waals surface area contributed by atoms with Gasteiger partial charge >= 0.3 is 5.97 Å². The van der Waals surface area contributed by atoms with Crippen molar-refractivity contribution < 1.29 is 19.1 Å². The zero-order valence-electron chi connectivity index (χ0n) is 17.6. The van der Waals surface area contributed by atoms with E-state index in [2.05, 4.69) is 15.4 Å². The smallest absolute Gasteiger partial charge is 0.337 e. The van der Waals surface area contributed by atoms with Gasteiger partial charge in [0, 0.05) is 12.1 Å². The molecule has 2 amide bonds. The van der Waals surface area contributed by atoms with Gasteiger partial charge in [-0.05, 0) is 80.5 Å². The van der Waals surface area contributed by atoms with E-state index in [1.807, 2.05) is 0 Å². The van der Waals surface area contributed by atoms with Crippen LogP contribution in [0.4, 0.5) is 5.69 Å². The number of rotatable bonds is 5. The number of hydrogen-bond acceptors (Lipinski definition) is 6. The molecule has 0 aromatic heterocycles. The topological polar surface area (TPSA) is 96.9 Å². The molecule has 8 heteroatoms. The van der Waals surface area contributed by atoms with Crippen LogP contribution in [0.2, 0.25) is 0 Å². The van der Waals surface area contributed by atoms with Crippen LogP contribution in [0.15, 0.2) is 29.3 Å². The maximum Gasteiger partial charge on any atom is 0.337 e. The molecule has 1 atom stereocenters. The summed E-state index contributed by atoms with van der Waals surface area (Å²) < 4.78 is 4.67. The van der Waals surface area contributed by atoms with E-state index in [1.165, 1.54) is 38.1 Å². The van der Waals surface area contributed by atoms with Crippen LogP contribution in [-0.2, 0) is 14.3 Å². The van der Waals surface area contributed by atoms with Crippen LogP contribution in [0.25, 0.3) is 0 Å². The van der Waals surface area contributed by atoms with Gasteiger partial charge in [0.05, 0.1) is 18.2 Å². The lowest BCUT2D eigenvalue weighted by Gasteiger charge is -2.55. The molecule has 0 spiro atoms. The van der Waals surface area contributed by atoms with Crippen molar-refractivity contribution in [3.05, 3.63) is 29.8 Å². The fraction of sp³-hybridized carbons (Fsp3) is 0.565. The molecular formula is C23H27N3O4S. The lowest BCUT2D eigenvalue weighted by atomic mass is 9.53. The number of aliphatic imine (C=N–C) groups is 1.